The number of primary amides is 1. The topological polar surface area (TPSA) is 107 Å². The maximum Gasteiger partial charge on any atom is 0.268 e. The fraction of sp³-hybridized carbons (Fsp3) is 0.545. The van der Waals surface area contributed by atoms with Gasteiger partial charge in [-0.15, -0.1) is 0 Å². The molecule has 1 aliphatic heterocycles. The van der Waals surface area contributed by atoms with Crippen LogP contribution in [0.5, 0.6) is 0 Å². The Morgan fingerprint density at radius 1 is 1.56 bits per heavy atom. The summed E-state index contributed by atoms with van der Waals surface area (Å²) >= 11 is 0. The molecule has 7 heteroatoms. The zero-order valence-electron chi connectivity index (χ0n) is 10.2. The molecule has 0 saturated carbocycles. The van der Waals surface area contributed by atoms with Crippen LogP contribution in [-0.2, 0) is 4.74 Å². The van der Waals surface area contributed by atoms with Crippen molar-refractivity contribution < 1.29 is 9.53 Å². The Morgan fingerprint density at radius 2 is 2.33 bits per heavy atom. The molecule has 7 nitrogen and oxygen atoms in total. The monoisotopic (exact) mass is 251 g/mol. The van der Waals surface area contributed by atoms with Crippen molar-refractivity contribution in [1.82, 2.24) is 9.97 Å². The van der Waals surface area contributed by atoms with Crippen LogP contribution in [0.4, 0.5) is 5.82 Å². The van der Waals surface area contributed by atoms with Crippen LogP contribution in [-0.4, -0.2) is 48.2 Å². The van der Waals surface area contributed by atoms with Crippen molar-refractivity contribution in [3.05, 3.63) is 18.1 Å². The average molecular weight is 251 g/mol. The van der Waals surface area contributed by atoms with Crippen LogP contribution in [0.25, 0.3) is 0 Å². The standard InChI is InChI=1S/C11H17N5O2/c1-18-9-6-16(3-2-7(9)12)10-5-14-4-8(15-10)11(13)17/h4-5,7,9H,2-3,6,12H2,1H3,(H2,13,17)/t7-,9+/m1/s1. The van der Waals surface area contributed by atoms with Gasteiger partial charge in [0.1, 0.15) is 11.5 Å². The first kappa shape index (κ1) is 12.7. The molecule has 1 aromatic heterocycles. The van der Waals surface area contributed by atoms with Gasteiger partial charge in [0, 0.05) is 26.2 Å². The van der Waals surface area contributed by atoms with Gasteiger partial charge in [-0.05, 0) is 6.42 Å². The van der Waals surface area contributed by atoms with Crippen LogP contribution in [0, 0.1) is 0 Å². The summed E-state index contributed by atoms with van der Waals surface area (Å²) in [4.78, 5) is 21.2. The van der Waals surface area contributed by atoms with Gasteiger partial charge in [0.25, 0.3) is 5.91 Å². The molecule has 2 rings (SSSR count). The van der Waals surface area contributed by atoms with Crippen LogP contribution in [0.1, 0.15) is 16.9 Å². The third-order valence-corrected chi connectivity index (χ3v) is 3.11. The maximum absolute atomic E-state index is 11.1. The zero-order chi connectivity index (χ0) is 13.1. The van der Waals surface area contributed by atoms with Gasteiger partial charge in [-0.3, -0.25) is 9.78 Å². The van der Waals surface area contributed by atoms with Gasteiger partial charge in [0.05, 0.1) is 18.5 Å². The predicted octanol–water partition coefficient (Wildman–Crippen LogP) is -0.872. The van der Waals surface area contributed by atoms with Gasteiger partial charge >= 0.3 is 0 Å². The number of carbonyl (C=O) groups excluding carboxylic acids is 1. The zero-order valence-corrected chi connectivity index (χ0v) is 10.2. The number of hydrogen-bond donors (Lipinski definition) is 2. The highest BCUT2D eigenvalue weighted by Crippen LogP contribution is 2.18. The number of methoxy groups -OCH3 is 1. The Kier molecular flexibility index (Phi) is 3.73. The quantitative estimate of drug-likeness (QED) is 0.723. The Labute approximate surface area is 105 Å². The molecule has 1 fully saturated rings. The van der Waals surface area contributed by atoms with Gasteiger partial charge in [-0.1, -0.05) is 0 Å². The fourth-order valence-corrected chi connectivity index (χ4v) is 2.02. The highest BCUT2D eigenvalue weighted by Gasteiger charge is 2.27. The average Bonchev–Trinajstić information content (AvgIpc) is 2.39. The summed E-state index contributed by atoms with van der Waals surface area (Å²) in [6.45, 7) is 1.40. The van der Waals surface area contributed by atoms with Crippen molar-refractivity contribution in [2.45, 2.75) is 18.6 Å². The Balaban J connectivity index is 2.16. The van der Waals surface area contributed by atoms with E-state index in [1.807, 2.05) is 4.90 Å². The molecule has 1 amide bonds. The van der Waals surface area contributed by atoms with E-state index in [1.54, 1.807) is 13.3 Å². The molecular weight excluding hydrogens is 234 g/mol. The maximum atomic E-state index is 11.1. The van der Waals surface area contributed by atoms with Crippen molar-refractivity contribution in [2.75, 3.05) is 25.1 Å². The van der Waals surface area contributed by atoms with Crippen LogP contribution in [0.2, 0.25) is 0 Å². The van der Waals surface area contributed by atoms with Crippen molar-refractivity contribution >= 4 is 11.7 Å². The minimum atomic E-state index is -0.582. The summed E-state index contributed by atoms with van der Waals surface area (Å²) in [6.07, 6.45) is 3.73. The molecule has 0 bridgehead atoms. The van der Waals surface area contributed by atoms with E-state index < -0.39 is 5.91 Å². The second-order valence-corrected chi connectivity index (χ2v) is 4.30. The number of carbonyl (C=O) groups is 1. The van der Waals surface area contributed by atoms with E-state index in [-0.39, 0.29) is 17.8 Å². The number of nitrogens with two attached hydrogens (primary N) is 2. The molecule has 0 aliphatic carbocycles. The lowest BCUT2D eigenvalue weighted by Gasteiger charge is -2.36. The normalized spacial score (nSPS) is 24.0. The van der Waals surface area contributed by atoms with E-state index in [2.05, 4.69) is 9.97 Å². The summed E-state index contributed by atoms with van der Waals surface area (Å²) in [6, 6.07) is 0.0264. The van der Waals surface area contributed by atoms with Crippen LogP contribution >= 0.6 is 0 Å². The molecule has 1 aromatic rings. The van der Waals surface area contributed by atoms with Gasteiger partial charge < -0.3 is 21.1 Å². The predicted molar refractivity (Wildman–Crippen MR) is 66.2 cm³/mol. The summed E-state index contributed by atoms with van der Waals surface area (Å²) < 4.78 is 5.33. The SMILES string of the molecule is CO[C@H]1CN(c2cncc(C(N)=O)n2)CC[C@H]1N. The summed E-state index contributed by atoms with van der Waals surface area (Å²) in [5, 5.41) is 0. The largest absolute Gasteiger partial charge is 0.378 e. The van der Waals surface area contributed by atoms with E-state index in [0.717, 1.165) is 13.0 Å². The number of ether oxygens (including phenoxy) is 1. The first-order valence-corrected chi connectivity index (χ1v) is 5.77. The highest BCUT2D eigenvalue weighted by atomic mass is 16.5. The van der Waals surface area contributed by atoms with Crippen LogP contribution in [0.3, 0.4) is 0 Å². The molecule has 4 N–H and O–H groups in total. The molecule has 98 valence electrons. The van der Waals surface area contributed by atoms with Gasteiger partial charge in [0.15, 0.2) is 0 Å². The number of anilines is 1. The summed E-state index contributed by atoms with van der Waals surface area (Å²) in [5.41, 5.74) is 11.3. The Morgan fingerprint density at radius 3 is 3.00 bits per heavy atom. The Bertz CT molecular complexity index is 439. The van der Waals surface area contributed by atoms with Crippen molar-refractivity contribution in [3.63, 3.8) is 0 Å². The lowest BCUT2D eigenvalue weighted by molar-refractivity contribution is 0.0728. The number of piperidine rings is 1. The minimum Gasteiger partial charge on any atom is -0.378 e. The lowest BCUT2D eigenvalue weighted by Crippen LogP contribution is -2.51. The minimum absolute atomic E-state index is 0.0264. The van der Waals surface area contributed by atoms with Crippen LogP contribution < -0.4 is 16.4 Å². The Hall–Kier alpha value is -1.73. The first-order valence-electron chi connectivity index (χ1n) is 5.77. The lowest BCUT2D eigenvalue weighted by atomic mass is 10.0. The van der Waals surface area contributed by atoms with Gasteiger partial charge in [-0.25, -0.2) is 4.98 Å². The van der Waals surface area contributed by atoms with Gasteiger partial charge in [0.2, 0.25) is 0 Å². The van der Waals surface area contributed by atoms with E-state index in [9.17, 15) is 4.79 Å². The first-order chi connectivity index (χ1) is 8.61. The van der Waals surface area contributed by atoms with Gasteiger partial charge in [-0.2, -0.15) is 0 Å². The molecule has 0 unspecified atom stereocenters. The number of rotatable bonds is 3. The molecule has 1 aliphatic rings. The molecule has 2 atom stereocenters. The number of aromatic nitrogens is 2. The van der Waals surface area contributed by atoms with E-state index in [1.165, 1.54) is 6.20 Å². The third-order valence-electron chi connectivity index (χ3n) is 3.11. The molecule has 1 saturated heterocycles. The van der Waals surface area contributed by atoms with Crippen LogP contribution in [0.15, 0.2) is 12.4 Å². The molecule has 18 heavy (non-hydrogen) atoms. The number of nitrogens with zero attached hydrogens (tertiary/aromatic N) is 3. The van der Waals surface area contributed by atoms with E-state index in [0.29, 0.717) is 12.4 Å². The second kappa shape index (κ2) is 5.28. The van der Waals surface area contributed by atoms with Crippen molar-refractivity contribution in [1.29, 1.82) is 0 Å². The third kappa shape index (κ3) is 2.57. The number of amides is 1. The molecular formula is C11H17N5O2. The fourth-order valence-electron chi connectivity index (χ4n) is 2.02. The van der Waals surface area contributed by atoms with Crippen molar-refractivity contribution in [3.8, 4) is 0 Å². The molecule has 0 spiro atoms. The summed E-state index contributed by atoms with van der Waals surface area (Å²) in [7, 11) is 1.64. The molecule has 2 heterocycles. The van der Waals surface area contributed by atoms with E-state index in [4.69, 9.17) is 16.2 Å². The van der Waals surface area contributed by atoms with Crippen molar-refractivity contribution in [2.24, 2.45) is 11.5 Å². The highest BCUT2D eigenvalue weighted by molar-refractivity contribution is 5.90. The number of hydrogen-bond acceptors (Lipinski definition) is 6. The molecule has 0 aromatic carbocycles. The molecule has 0 radical (unpaired) electrons. The smallest absolute Gasteiger partial charge is 0.268 e. The second-order valence-electron chi connectivity index (χ2n) is 4.30. The summed E-state index contributed by atoms with van der Waals surface area (Å²) in [5.74, 6) is 0.0432. The van der Waals surface area contributed by atoms with E-state index >= 15 is 0 Å².